The Bertz CT molecular complexity index is 430. The van der Waals surface area contributed by atoms with Crippen LogP contribution in [0.15, 0.2) is 22.8 Å². The van der Waals surface area contributed by atoms with E-state index < -0.39 is 0 Å². The van der Waals surface area contributed by atoms with E-state index in [1.54, 1.807) is 30.4 Å². The van der Waals surface area contributed by atoms with Gasteiger partial charge in [-0.1, -0.05) is 0 Å². The zero-order valence-corrected chi connectivity index (χ0v) is 10.9. The summed E-state index contributed by atoms with van der Waals surface area (Å²) in [5.41, 5.74) is 0. The van der Waals surface area contributed by atoms with Crippen molar-refractivity contribution >= 4 is 11.8 Å². The van der Waals surface area contributed by atoms with Crippen molar-refractivity contribution in [2.45, 2.75) is 13.0 Å². The number of carbonyl (C=O) groups excluding carboxylic acids is 2. The van der Waals surface area contributed by atoms with Crippen molar-refractivity contribution in [3.05, 3.63) is 24.2 Å². The molecule has 1 fully saturated rings. The van der Waals surface area contributed by atoms with E-state index in [0.717, 1.165) is 0 Å². The molecular weight excluding hydrogens is 248 g/mol. The normalized spacial score (nSPS) is 18.9. The molecule has 1 atom stereocenters. The van der Waals surface area contributed by atoms with Crippen LogP contribution in [0, 0.1) is 5.92 Å². The molecule has 0 spiro atoms. The first-order chi connectivity index (χ1) is 9.20. The molecule has 1 aliphatic rings. The summed E-state index contributed by atoms with van der Waals surface area (Å²) in [5, 5.41) is 2.78. The van der Waals surface area contributed by atoms with Gasteiger partial charge in [0, 0.05) is 26.6 Å². The van der Waals surface area contributed by atoms with E-state index in [0.29, 0.717) is 32.0 Å². The first-order valence-electron chi connectivity index (χ1n) is 6.27. The molecular formula is C13H18N2O4. The molecule has 0 saturated carbocycles. The molecule has 19 heavy (non-hydrogen) atoms. The Labute approximate surface area is 111 Å². The molecule has 0 aliphatic carbocycles. The summed E-state index contributed by atoms with van der Waals surface area (Å²) in [4.78, 5) is 25.3. The summed E-state index contributed by atoms with van der Waals surface area (Å²) in [6, 6.07) is 3.57. The van der Waals surface area contributed by atoms with Gasteiger partial charge in [0.15, 0.2) is 0 Å². The van der Waals surface area contributed by atoms with E-state index in [4.69, 9.17) is 9.15 Å². The number of nitrogens with zero attached hydrogens (tertiary/aromatic N) is 1. The summed E-state index contributed by atoms with van der Waals surface area (Å²) in [7, 11) is 1.59. The molecule has 104 valence electrons. The standard InChI is InChI=1S/C13H18N2O4/c1-18-6-4-15-9-10(7-12(15)16)13(17)14-8-11-3-2-5-19-11/h2-3,5,10H,4,6-9H2,1H3,(H,14,17). The van der Waals surface area contributed by atoms with Crippen molar-refractivity contribution in [2.24, 2.45) is 5.92 Å². The number of hydrogen-bond acceptors (Lipinski definition) is 4. The van der Waals surface area contributed by atoms with Gasteiger partial charge in [0.2, 0.25) is 11.8 Å². The molecule has 0 bridgehead atoms. The highest BCUT2D eigenvalue weighted by molar-refractivity contribution is 5.89. The summed E-state index contributed by atoms with van der Waals surface area (Å²) in [5.74, 6) is 0.327. The summed E-state index contributed by atoms with van der Waals surface area (Å²) in [6.07, 6.45) is 1.83. The van der Waals surface area contributed by atoms with Crippen LogP contribution < -0.4 is 5.32 Å². The lowest BCUT2D eigenvalue weighted by molar-refractivity contribution is -0.129. The summed E-state index contributed by atoms with van der Waals surface area (Å²) < 4.78 is 10.1. The number of ether oxygens (including phenoxy) is 1. The van der Waals surface area contributed by atoms with Crippen molar-refractivity contribution in [1.82, 2.24) is 10.2 Å². The third-order valence-electron chi connectivity index (χ3n) is 3.17. The number of hydrogen-bond donors (Lipinski definition) is 1. The van der Waals surface area contributed by atoms with Gasteiger partial charge in [-0.2, -0.15) is 0 Å². The van der Waals surface area contributed by atoms with Gasteiger partial charge < -0.3 is 19.4 Å². The number of carbonyl (C=O) groups is 2. The minimum Gasteiger partial charge on any atom is -0.467 e. The van der Waals surface area contributed by atoms with Crippen molar-refractivity contribution in [3.63, 3.8) is 0 Å². The van der Waals surface area contributed by atoms with Crippen LogP contribution in [0.4, 0.5) is 0 Å². The van der Waals surface area contributed by atoms with Gasteiger partial charge in [-0.05, 0) is 12.1 Å². The van der Waals surface area contributed by atoms with Gasteiger partial charge in [-0.15, -0.1) is 0 Å². The van der Waals surface area contributed by atoms with Crippen molar-refractivity contribution < 1.29 is 18.7 Å². The van der Waals surface area contributed by atoms with Crippen molar-refractivity contribution in [3.8, 4) is 0 Å². The Kier molecular flexibility index (Phi) is 4.57. The lowest BCUT2D eigenvalue weighted by Crippen LogP contribution is -2.33. The van der Waals surface area contributed by atoms with Gasteiger partial charge >= 0.3 is 0 Å². The van der Waals surface area contributed by atoms with E-state index in [9.17, 15) is 9.59 Å². The van der Waals surface area contributed by atoms with Gasteiger partial charge in [0.25, 0.3) is 0 Å². The highest BCUT2D eigenvalue weighted by Gasteiger charge is 2.33. The lowest BCUT2D eigenvalue weighted by Gasteiger charge is -2.15. The van der Waals surface area contributed by atoms with Gasteiger partial charge in [0.1, 0.15) is 5.76 Å². The minimum atomic E-state index is -0.278. The number of furan rings is 1. The molecule has 6 heteroatoms. The summed E-state index contributed by atoms with van der Waals surface area (Å²) in [6.45, 7) is 1.85. The molecule has 1 aromatic rings. The van der Waals surface area contributed by atoms with E-state index in [2.05, 4.69) is 5.32 Å². The molecule has 1 N–H and O–H groups in total. The number of nitrogens with one attached hydrogen (secondary N) is 1. The smallest absolute Gasteiger partial charge is 0.225 e. The maximum atomic E-state index is 11.9. The predicted molar refractivity (Wildman–Crippen MR) is 67.1 cm³/mol. The van der Waals surface area contributed by atoms with E-state index in [-0.39, 0.29) is 24.2 Å². The fourth-order valence-corrected chi connectivity index (χ4v) is 2.10. The Morgan fingerprint density at radius 1 is 1.63 bits per heavy atom. The van der Waals surface area contributed by atoms with Gasteiger partial charge in [-0.25, -0.2) is 0 Å². The lowest BCUT2D eigenvalue weighted by atomic mass is 10.1. The third kappa shape index (κ3) is 3.57. The molecule has 0 aromatic carbocycles. The first kappa shape index (κ1) is 13.6. The maximum absolute atomic E-state index is 11.9. The number of methoxy groups -OCH3 is 1. The largest absolute Gasteiger partial charge is 0.467 e. The Morgan fingerprint density at radius 2 is 2.47 bits per heavy atom. The van der Waals surface area contributed by atoms with Crippen LogP contribution >= 0.6 is 0 Å². The average Bonchev–Trinajstić information content (AvgIpc) is 3.03. The SMILES string of the molecule is COCCN1CC(C(=O)NCc2ccco2)CC1=O. The molecule has 1 saturated heterocycles. The maximum Gasteiger partial charge on any atom is 0.225 e. The molecule has 1 unspecified atom stereocenters. The summed E-state index contributed by atoms with van der Waals surface area (Å²) >= 11 is 0. The average molecular weight is 266 g/mol. The Hall–Kier alpha value is -1.82. The molecule has 2 heterocycles. The zero-order chi connectivity index (χ0) is 13.7. The first-order valence-corrected chi connectivity index (χ1v) is 6.27. The van der Waals surface area contributed by atoms with Crippen molar-refractivity contribution in [2.75, 3.05) is 26.8 Å². The highest BCUT2D eigenvalue weighted by Crippen LogP contribution is 2.17. The quantitative estimate of drug-likeness (QED) is 0.808. The third-order valence-corrected chi connectivity index (χ3v) is 3.17. The van der Waals surface area contributed by atoms with Crippen LogP contribution in [0.5, 0.6) is 0 Å². The Morgan fingerprint density at radius 3 is 3.16 bits per heavy atom. The fraction of sp³-hybridized carbons (Fsp3) is 0.538. The Balaban J connectivity index is 1.79. The number of rotatable bonds is 6. The number of likely N-dealkylation sites (tertiary alicyclic amines) is 1. The molecule has 1 aliphatic heterocycles. The van der Waals surface area contributed by atoms with E-state index in [1.165, 1.54) is 0 Å². The van der Waals surface area contributed by atoms with Crippen molar-refractivity contribution in [1.29, 1.82) is 0 Å². The van der Waals surface area contributed by atoms with Crippen LogP contribution in [-0.2, 0) is 20.9 Å². The fourth-order valence-electron chi connectivity index (χ4n) is 2.10. The minimum absolute atomic E-state index is 0.00944. The van der Waals surface area contributed by atoms with Gasteiger partial charge in [0.05, 0.1) is 25.3 Å². The topological polar surface area (TPSA) is 71.8 Å². The molecule has 6 nitrogen and oxygen atoms in total. The molecule has 0 radical (unpaired) electrons. The zero-order valence-electron chi connectivity index (χ0n) is 10.9. The predicted octanol–water partition coefficient (Wildman–Crippen LogP) is 0.391. The van der Waals surface area contributed by atoms with E-state index in [1.807, 2.05) is 0 Å². The monoisotopic (exact) mass is 266 g/mol. The second kappa shape index (κ2) is 6.38. The van der Waals surface area contributed by atoms with E-state index >= 15 is 0 Å². The van der Waals surface area contributed by atoms with Crippen LogP contribution in [0.1, 0.15) is 12.2 Å². The molecule has 2 rings (SSSR count). The molecule has 1 aromatic heterocycles. The molecule has 2 amide bonds. The second-order valence-electron chi connectivity index (χ2n) is 4.53. The van der Waals surface area contributed by atoms with Crippen LogP contribution in [0.3, 0.4) is 0 Å². The van der Waals surface area contributed by atoms with Crippen LogP contribution in [-0.4, -0.2) is 43.5 Å². The van der Waals surface area contributed by atoms with Gasteiger partial charge in [-0.3, -0.25) is 9.59 Å². The second-order valence-corrected chi connectivity index (χ2v) is 4.53. The highest BCUT2D eigenvalue weighted by atomic mass is 16.5. The van der Waals surface area contributed by atoms with Crippen LogP contribution in [0.2, 0.25) is 0 Å². The number of amides is 2. The van der Waals surface area contributed by atoms with Crippen LogP contribution in [0.25, 0.3) is 0 Å².